The van der Waals surface area contributed by atoms with Gasteiger partial charge >= 0.3 is 0 Å². The van der Waals surface area contributed by atoms with Crippen LogP contribution in [0.5, 0.6) is 0 Å². The number of aromatic nitrogens is 1. The fourth-order valence-corrected chi connectivity index (χ4v) is 1.86. The predicted molar refractivity (Wildman–Crippen MR) is 58.0 cm³/mol. The van der Waals surface area contributed by atoms with Crippen LogP contribution in [-0.4, -0.2) is 11.5 Å². The van der Waals surface area contributed by atoms with Crippen molar-refractivity contribution in [2.45, 2.75) is 26.2 Å². The Morgan fingerprint density at radius 3 is 3.00 bits per heavy atom. The molecule has 0 radical (unpaired) electrons. The van der Waals surface area contributed by atoms with Crippen LogP contribution >= 0.6 is 24.2 Å². The molecule has 1 heterocycles. The van der Waals surface area contributed by atoms with Gasteiger partial charge in [0.1, 0.15) is 0 Å². The average molecular weight is 202 g/mol. The average Bonchev–Trinajstić information content (AvgIpc) is 2.56. The Kier molecular flexibility index (Phi) is 4.46. The van der Waals surface area contributed by atoms with E-state index in [0.717, 1.165) is 11.7 Å². The molecule has 1 aromatic heterocycles. The summed E-state index contributed by atoms with van der Waals surface area (Å²) in [6.45, 7) is 3.19. The van der Waals surface area contributed by atoms with Crippen molar-refractivity contribution in [3.05, 3.63) is 11.6 Å². The standard InChI is InChI=1S/C8H14N2S2/c1-2-3-4-6-10(11)8-9-5-7-12-8/h5,7,11H,2-4,6H2,1H3. The van der Waals surface area contributed by atoms with Crippen LogP contribution in [0, 0.1) is 0 Å². The molecule has 0 N–H and O–H groups in total. The van der Waals surface area contributed by atoms with Crippen molar-refractivity contribution in [3.8, 4) is 0 Å². The van der Waals surface area contributed by atoms with Gasteiger partial charge in [-0.2, -0.15) is 0 Å². The molecule has 0 aliphatic heterocycles. The fourth-order valence-electron chi connectivity index (χ4n) is 0.951. The molecule has 0 aromatic carbocycles. The molecule has 0 unspecified atom stereocenters. The third-order valence-electron chi connectivity index (χ3n) is 1.61. The van der Waals surface area contributed by atoms with Crippen LogP contribution < -0.4 is 4.31 Å². The topological polar surface area (TPSA) is 16.1 Å². The van der Waals surface area contributed by atoms with E-state index >= 15 is 0 Å². The highest BCUT2D eigenvalue weighted by Gasteiger charge is 2.02. The third kappa shape index (κ3) is 3.03. The van der Waals surface area contributed by atoms with Gasteiger partial charge in [0.25, 0.3) is 0 Å². The molecule has 12 heavy (non-hydrogen) atoms. The van der Waals surface area contributed by atoms with Crippen LogP contribution in [-0.2, 0) is 0 Å². The molecular formula is C8H14N2S2. The summed E-state index contributed by atoms with van der Waals surface area (Å²) in [5, 5.41) is 2.97. The summed E-state index contributed by atoms with van der Waals surface area (Å²) in [7, 11) is 0. The van der Waals surface area contributed by atoms with Crippen molar-refractivity contribution < 1.29 is 0 Å². The summed E-state index contributed by atoms with van der Waals surface area (Å²) < 4.78 is 1.92. The van der Waals surface area contributed by atoms with Gasteiger partial charge in [0.05, 0.1) is 0 Å². The van der Waals surface area contributed by atoms with Gasteiger partial charge in [0, 0.05) is 18.1 Å². The van der Waals surface area contributed by atoms with Crippen molar-refractivity contribution in [3.63, 3.8) is 0 Å². The second-order valence-corrected chi connectivity index (χ2v) is 4.00. The van der Waals surface area contributed by atoms with Gasteiger partial charge < -0.3 is 0 Å². The second-order valence-electron chi connectivity index (χ2n) is 2.64. The zero-order valence-electron chi connectivity index (χ0n) is 7.23. The highest BCUT2D eigenvalue weighted by atomic mass is 32.1. The van der Waals surface area contributed by atoms with E-state index in [0.29, 0.717) is 0 Å². The zero-order valence-corrected chi connectivity index (χ0v) is 8.94. The minimum Gasteiger partial charge on any atom is -0.295 e. The highest BCUT2D eigenvalue weighted by molar-refractivity contribution is 7.82. The number of unbranched alkanes of at least 4 members (excludes halogenated alkanes) is 2. The molecule has 0 amide bonds. The van der Waals surface area contributed by atoms with Gasteiger partial charge in [-0.05, 0) is 6.42 Å². The lowest BCUT2D eigenvalue weighted by molar-refractivity contribution is 0.729. The quantitative estimate of drug-likeness (QED) is 0.583. The van der Waals surface area contributed by atoms with Gasteiger partial charge in [0.15, 0.2) is 5.13 Å². The summed E-state index contributed by atoms with van der Waals surface area (Å²) >= 11 is 5.97. The number of hydrogen-bond acceptors (Lipinski definition) is 4. The first-order chi connectivity index (χ1) is 5.84. The first kappa shape index (κ1) is 9.86. The number of thiazole rings is 1. The number of hydrogen-bond donors (Lipinski definition) is 1. The van der Waals surface area contributed by atoms with E-state index in [-0.39, 0.29) is 0 Å². The Morgan fingerprint density at radius 2 is 2.42 bits per heavy atom. The molecule has 0 aliphatic carbocycles. The van der Waals surface area contributed by atoms with E-state index < -0.39 is 0 Å². The number of thiol groups is 1. The van der Waals surface area contributed by atoms with Crippen molar-refractivity contribution in [1.29, 1.82) is 0 Å². The second kappa shape index (κ2) is 5.43. The molecule has 0 atom stereocenters. The van der Waals surface area contributed by atoms with Crippen molar-refractivity contribution >= 4 is 29.3 Å². The molecule has 0 aliphatic rings. The summed E-state index contributed by atoms with van der Waals surface area (Å²) in [6.07, 6.45) is 5.52. The van der Waals surface area contributed by atoms with E-state index in [2.05, 4.69) is 24.7 Å². The van der Waals surface area contributed by atoms with Crippen LogP contribution in [0.3, 0.4) is 0 Å². The fraction of sp³-hybridized carbons (Fsp3) is 0.625. The molecule has 0 saturated heterocycles. The maximum Gasteiger partial charge on any atom is 0.195 e. The largest absolute Gasteiger partial charge is 0.295 e. The first-order valence-electron chi connectivity index (χ1n) is 4.20. The molecule has 0 spiro atoms. The maximum absolute atomic E-state index is 4.34. The smallest absolute Gasteiger partial charge is 0.195 e. The lowest BCUT2D eigenvalue weighted by Crippen LogP contribution is -2.11. The third-order valence-corrected chi connectivity index (χ3v) is 2.93. The van der Waals surface area contributed by atoms with E-state index in [1.165, 1.54) is 19.3 Å². The van der Waals surface area contributed by atoms with Gasteiger partial charge in [0.2, 0.25) is 0 Å². The van der Waals surface area contributed by atoms with Crippen molar-refractivity contribution in [1.82, 2.24) is 4.98 Å². The van der Waals surface area contributed by atoms with Crippen LogP contribution in [0.4, 0.5) is 5.13 Å². The molecule has 4 heteroatoms. The normalized spacial score (nSPS) is 10.2. The van der Waals surface area contributed by atoms with E-state index in [9.17, 15) is 0 Å². The Balaban J connectivity index is 2.25. The monoisotopic (exact) mass is 202 g/mol. The van der Waals surface area contributed by atoms with Crippen LogP contribution in [0.15, 0.2) is 11.6 Å². The lowest BCUT2D eigenvalue weighted by atomic mass is 10.2. The molecule has 0 saturated carbocycles. The molecule has 1 aromatic rings. The Morgan fingerprint density at radius 1 is 1.58 bits per heavy atom. The van der Waals surface area contributed by atoms with E-state index in [1.54, 1.807) is 11.3 Å². The van der Waals surface area contributed by atoms with Crippen LogP contribution in [0.1, 0.15) is 26.2 Å². The maximum atomic E-state index is 4.34. The summed E-state index contributed by atoms with van der Waals surface area (Å²) in [4.78, 5) is 4.16. The van der Waals surface area contributed by atoms with Gasteiger partial charge in [-0.15, -0.1) is 11.3 Å². The number of anilines is 1. The molecular weight excluding hydrogens is 188 g/mol. The summed E-state index contributed by atoms with van der Waals surface area (Å²) in [6, 6.07) is 0. The van der Waals surface area contributed by atoms with Gasteiger partial charge in [-0.25, -0.2) is 4.98 Å². The molecule has 0 bridgehead atoms. The molecule has 2 nitrogen and oxygen atoms in total. The van der Waals surface area contributed by atoms with Crippen molar-refractivity contribution in [2.24, 2.45) is 0 Å². The zero-order chi connectivity index (χ0) is 8.81. The van der Waals surface area contributed by atoms with Gasteiger partial charge in [-0.1, -0.05) is 32.6 Å². The van der Waals surface area contributed by atoms with Crippen molar-refractivity contribution in [2.75, 3.05) is 10.8 Å². The molecule has 1 rings (SSSR count). The van der Waals surface area contributed by atoms with E-state index in [4.69, 9.17) is 0 Å². The summed E-state index contributed by atoms with van der Waals surface area (Å²) in [5.74, 6) is 0. The summed E-state index contributed by atoms with van der Waals surface area (Å²) in [5.41, 5.74) is 0. The predicted octanol–water partition coefficient (Wildman–Crippen LogP) is 2.98. The SMILES string of the molecule is CCCCCN(S)c1nccs1. The Labute approximate surface area is 83.2 Å². The molecule has 68 valence electrons. The van der Waals surface area contributed by atoms with E-state index in [1.807, 2.05) is 15.9 Å². The van der Waals surface area contributed by atoms with Crippen LogP contribution in [0.25, 0.3) is 0 Å². The van der Waals surface area contributed by atoms with Gasteiger partial charge in [-0.3, -0.25) is 4.31 Å². The number of nitrogens with zero attached hydrogens (tertiary/aromatic N) is 2. The molecule has 0 fully saturated rings. The Bertz CT molecular complexity index is 199. The van der Waals surface area contributed by atoms with Crippen LogP contribution in [0.2, 0.25) is 0 Å². The lowest BCUT2D eigenvalue weighted by Gasteiger charge is -2.12. The minimum absolute atomic E-state index is 0.991. The first-order valence-corrected chi connectivity index (χ1v) is 5.48. The highest BCUT2D eigenvalue weighted by Crippen LogP contribution is 2.19. The minimum atomic E-state index is 0.991. The Hall–Kier alpha value is -0.220. The number of rotatable bonds is 5.